The van der Waals surface area contributed by atoms with Gasteiger partial charge in [-0.05, 0) is 49.2 Å². The van der Waals surface area contributed by atoms with E-state index in [1.165, 1.54) is 5.56 Å². The molecule has 1 unspecified atom stereocenters. The molecule has 3 heterocycles. The minimum absolute atomic E-state index is 0.0778. The van der Waals surface area contributed by atoms with Crippen molar-refractivity contribution in [3.8, 4) is 28.4 Å². The van der Waals surface area contributed by atoms with Crippen LogP contribution in [0.2, 0.25) is 0 Å². The van der Waals surface area contributed by atoms with Crippen molar-refractivity contribution < 1.29 is 4.74 Å². The Morgan fingerprint density at radius 2 is 1.72 bits per heavy atom. The van der Waals surface area contributed by atoms with Crippen molar-refractivity contribution in [3.63, 3.8) is 0 Å². The van der Waals surface area contributed by atoms with Gasteiger partial charge in [0.25, 0.3) is 0 Å². The van der Waals surface area contributed by atoms with Gasteiger partial charge >= 0.3 is 0 Å². The summed E-state index contributed by atoms with van der Waals surface area (Å²) < 4.78 is 5.72. The van der Waals surface area contributed by atoms with Gasteiger partial charge in [0.1, 0.15) is 17.1 Å². The number of aromatic nitrogens is 4. The van der Waals surface area contributed by atoms with Gasteiger partial charge in [0, 0.05) is 47.7 Å². The van der Waals surface area contributed by atoms with Crippen LogP contribution in [0.5, 0.6) is 5.75 Å². The van der Waals surface area contributed by atoms with E-state index in [2.05, 4.69) is 22.4 Å². The van der Waals surface area contributed by atoms with Gasteiger partial charge in [-0.2, -0.15) is 0 Å². The number of rotatable bonds is 9. The lowest BCUT2D eigenvalue weighted by atomic mass is 10.1. The monoisotopic (exact) mass is 476 g/mol. The van der Waals surface area contributed by atoms with E-state index in [4.69, 9.17) is 25.4 Å². The van der Waals surface area contributed by atoms with Crippen molar-refractivity contribution in [2.45, 2.75) is 19.4 Å². The van der Waals surface area contributed by atoms with Crippen molar-refractivity contribution in [1.29, 1.82) is 0 Å². The Morgan fingerprint density at radius 3 is 2.53 bits per heavy atom. The van der Waals surface area contributed by atoms with Gasteiger partial charge in [-0.3, -0.25) is 9.97 Å². The molecule has 0 aliphatic carbocycles. The minimum atomic E-state index is -0.0778. The second kappa shape index (κ2) is 10.9. The zero-order valence-electron chi connectivity index (χ0n) is 20.1. The average Bonchev–Trinajstić information content (AvgIpc) is 2.92. The topological polar surface area (TPSA) is 98.8 Å². The second-order valence-corrected chi connectivity index (χ2v) is 8.48. The molecule has 5 aromatic rings. The van der Waals surface area contributed by atoms with Gasteiger partial charge in [-0.25, -0.2) is 9.97 Å². The lowest BCUT2D eigenvalue weighted by Gasteiger charge is -2.16. The molecule has 0 spiro atoms. The quantitative estimate of drug-likeness (QED) is 0.304. The number of nitrogens with one attached hydrogen (secondary N) is 1. The highest BCUT2D eigenvalue weighted by Gasteiger charge is 2.16. The molecule has 0 fully saturated rings. The van der Waals surface area contributed by atoms with E-state index in [9.17, 15) is 0 Å². The molecule has 7 nitrogen and oxygen atoms in total. The van der Waals surface area contributed by atoms with Crippen LogP contribution in [0.25, 0.3) is 33.5 Å². The predicted octanol–water partition coefficient (Wildman–Crippen LogP) is 5.13. The summed E-state index contributed by atoms with van der Waals surface area (Å²) in [5.74, 6) is 2.11. The minimum Gasteiger partial charge on any atom is -0.494 e. The van der Waals surface area contributed by atoms with Gasteiger partial charge in [0.05, 0.1) is 12.3 Å². The molecule has 0 saturated carbocycles. The molecule has 0 bridgehead atoms. The smallest absolute Gasteiger partial charge is 0.162 e. The first-order valence-corrected chi connectivity index (χ1v) is 12.0. The Bertz CT molecular complexity index is 1440. The Morgan fingerprint density at radius 1 is 0.889 bits per heavy atom. The fraction of sp³-hybridized carbons (Fsp3) is 0.172. The molecule has 0 aliphatic rings. The van der Waals surface area contributed by atoms with E-state index in [1.807, 2.05) is 67.6 Å². The predicted molar refractivity (Wildman–Crippen MR) is 144 cm³/mol. The molecule has 0 saturated heterocycles. The number of benzene rings is 2. The highest BCUT2D eigenvalue weighted by molar-refractivity contribution is 5.98. The zero-order valence-corrected chi connectivity index (χ0v) is 20.1. The number of pyridine rings is 2. The molecule has 7 heteroatoms. The average molecular weight is 477 g/mol. The number of ether oxygens (including phenoxy) is 1. The van der Waals surface area contributed by atoms with Crippen LogP contribution in [0.1, 0.15) is 12.5 Å². The van der Waals surface area contributed by atoms with Crippen molar-refractivity contribution in [1.82, 2.24) is 19.9 Å². The summed E-state index contributed by atoms with van der Waals surface area (Å²) in [6, 6.07) is 23.8. The fourth-order valence-corrected chi connectivity index (χ4v) is 4.15. The summed E-state index contributed by atoms with van der Waals surface area (Å²) >= 11 is 0. The Labute approximate surface area is 210 Å². The normalized spacial score (nSPS) is 11.8. The maximum atomic E-state index is 6.47. The standard InChI is InChI=1S/C29H28N6O/c1-2-36-24-10-6-9-22(18-24)26-27-25(13-16-32-26)29(35-28(34-27)21-11-14-31-15-12-21)33-19-23(30)17-20-7-4-3-5-8-20/h3-16,18,23H,2,17,19,30H2,1H3,(H,33,34,35). The molecule has 36 heavy (non-hydrogen) atoms. The molecule has 3 N–H and O–H groups in total. The third-order valence-electron chi connectivity index (χ3n) is 5.84. The van der Waals surface area contributed by atoms with Crippen molar-refractivity contribution in [2.75, 3.05) is 18.5 Å². The number of nitrogens with two attached hydrogens (primary N) is 1. The first kappa shape index (κ1) is 23.4. The van der Waals surface area contributed by atoms with Gasteiger partial charge in [-0.1, -0.05) is 42.5 Å². The molecule has 180 valence electrons. The maximum Gasteiger partial charge on any atom is 0.162 e. The third-order valence-corrected chi connectivity index (χ3v) is 5.84. The SMILES string of the molecule is CCOc1cccc(-c2nccc3c(NCC(N)Cc4ccccc4)nc(-c4ccncc4)nc23)c1. The molecule has 0 aliphatic heterocycles. The van der Waals surface area contributed by atoms with E-state index in [1.54, 1.807) is 18.6 Å². The van der Waals surface area contributed by atoms with Crippen LogP contribution < -0.4 is 15.8 Å². The largest absolute Gasteiger partial charge is 0.494 e. The van der Waals surface area contributed by atoms with Crippen LogP contribution in [-0.2, 0) is 6.42 Å². The van der Waals surface area contributed by atoms with Crippen molar-refractivity contribution >= 4 is 16.7 Å². The summed E-state index contributed by atoms with van der Waals surface area (Å²) in [6.45, 7) is 3.13. The zero-order chi connectivity index (χ0) is 24.7. The van der Waals surface area contributed by atoms with E-state index >= 15 is 0 Å². The maximum absolute atomic E-state index is 6.47. The van der Waals surface area contributed by atoms with Crippen LogP contribution in [-0.4, -0.2) is 39.1 Å². The van der Waals surface area contributed by atoms with Gasteiger partial charge < -0.3 is 15.8 Å². The molecular formula is C29H28N6O. The number of hydrogen-bond donors (Lipinski definition) is 2. The first-order chi connectivity index (χ1) is 17.7. The van der Waals surface area contributed by atoms with Gasteiger partial charge in [0.15, 0.2) is 5.82 Å². The molecular weight excluding hydrogens is 448 g/mol. The number of hydrogen-bond acceptors (Lipinski definition) is 7. The highest BCUT2D eigenvalue weighted by atomic mass is 16.5. The summed E-state index contributed by atoms with van der Waals surface area (Å²) in [4.78, 5) is 18.6. The lowest BCUT2D eigenvalue weighted by molar-refractivity contribution is 0.340. The first-order valence-electron chi connectivity index (χ1n) is 12.0. The number of fused-ring (bicyclic) bond motifs is 1. The molecule has 1 atom stereocenters. The van der Waals surface area contributed by atoms with Gasteiger partial charge in [-0.15, -0.1) is 0 Å². The number of nitrogens with zero attached hydrogens (tertiary/aromatic N) is 4. The summed E-state index contributed by atoms with van der Waals surface area (Å²) in [5.41, 5.74) is 11.0. The second-order valence-electron chi connectivity index (χ2n) is 8.48. The molecule has 0 amide bonds. The third kappa shape index (κ3) is 5.31. The lowest BCUT2D eigenvalue weighted by Crippen LogP contribution is -2.31. The summed E-state index contributed by atoms with van der Waals surface area (Å²) in [6.07, 6.45) is 6.03. The van der Waals surface area contributed by atoms with Crippen molar-refractivity contribution in [3.05, 3.63) is 97.0 Å². The van der Waals surface area contributed by atoms with E-state index < -0.39 is 0 Å². The van der Waals surface area contributed by atoms with E-state index in [0.29, 0.717) is 19.0 Å². The van der Waals surface area contributed by atoms with Crippen molar-refractivity contribution in [2.24, 2.45) is 5.73 Å². The molecule has 0 radical (unpaired) electrons. The Hall–Kier alpha value is -4.36. The Balaban J connectivity index is 1.55. The van der Waals surface area contributed by atoms with Crippen LogP contribution in [0.15, 0.2) is 91.4 Å². The van der Waals surface area contributed by atoms with E-state index in [-0.39, 0.29) is 6.04 Å². The van der Waals surface area contributed by atoms with Crippen LogP contribution in [0.3, 0.4) is 0 Å². The highest BCUT2D eigenvalue weighted by Crippen LogP contribution is 2.32. The number of anilines is 1. The Kier molecular flexibility index (Phi) is 7.10. The molecule has 5 rings (SSSR count). The summed E-state index contributed by atoms with van der Waals surface area (Å²) in [7, 11) is 0. The van der Waals surface area contributed by atoms with Crippen LogP contribution >= 0.6 is 0 Å². The molecule has 2 aromatic carbocycles. The van der Waals surface area contributed by atoms with Crippen LogP contribution in [0.4, 0.5) is 5.82 Å². The fourth-order valence-electron chi connectivity index (χ4n) is 4.15. The molecule has 3 aromatic heterocycles. The summed E-state index contributed by atoms with van der Waals surface area (Å²) in [5, 5.41) is 4.37. The van der Waals surface area contributed by atoms with Gasteiger partial charge in [0.2, 0.25) is 0 Å². The van der Waals surface area contributed by atoms with Crippen LogP contribution in [0, 0.1) is 0 Å². The van der Waals surface area contributed by atoms with E-state index in [0.717, 1.165) is 45.7 Å².